The average molecular weight is 423 g/mol. The van der Waals surface area contributed by atoms with Crippen LogP contribution in [0.25, 0.3) is 33.6 Å². The lowest BCUT2D eigenvalue weighted by atomic mass is 10.0. The minimum absolute atomic E-state index is 0.239. The van der Waals surface area contributed by atoms with Gasteiger partial charge < -0.3 is 4.98 Å². The van der Waals surface area contributed by atoms with Gasteiger partial charge in [-0.25, -0.2) is 4.39 Å². The fourth-order valence-corrected chi connectivity index (χ4v) is 4.38. The molecule has 0 amide bonds. The zero-order chi connectivity index (χ0) is 21.0. The first-order valence-corrected chi connectivity index (χ1v) is 10.8. The molecular formula is C27H19FN2S. The second kappa shape index (κ2) is 8.62. The van der Waals surface area contributed by atoms with E-state index in [-0.39, 0.29) is 5.82 Å². The molecular weight excluding hydrogens is 403 g/mol. The minimum atomic E-state index is -0.239. The topological polar surface area (TPSA) is 28.7 Å². The van der Waals surface area contributed by atoms with Gasteiger partial charge in [0.2, 0.25) is 0 Å². The summed E-state index contributed by atoms with van der Waals surface area (Å²) in [5.41, 5.74) is 6.14. The molecule has 0 aliphatic rings. The van der Waals surface area contributed by atoms with Crippen molar-refractivity contribution in [1.82, 2.24) is 9.97 Å². The second-order valence-electron chi connectivity index (χ2n) is 7.15. The quantitative estimate of drug-likeness (QED) is 0.314. The highest BCUT2D eigenvalue weighted by atomic mass is 32.2. The maximum absolute atomic E-state index is 13.5. The van der Waals surface area contributed by atoms with Crippen LogP contribution in [0.4, 0.5) is 4.39 Å². The van der Waals surface area contributed by atoms with Crippen molar-refractivity contribution in [2.45, 2.75) is 9.79 Å². The third kappa shape index (κ3) is 4.30. The fourth-order valence-electron chi connectivity index (χ4n) is 3.54. The number of H-pyrrole nitrogens is 1. The molecule has 0 atom stereocenters. The summed E-state index contributed by atoms with van der Waals surface area (Å²) in [4.78, 5) is 10.1. The Kier molecular flexibility index (Phi) is 5.38. The number of pyridine rings is 1. The molecule has 4 heteroatoms. The van der Waals surface area contributed by atoms with Gasteiger partial charge in [0.1, 0.15) is 5.82 Å². The molecule has 1 N–H and O–H groups in total. The number of hydrogen-bond donors (Lipinski definition) is 1. The van der Waals surface area contributed by atoms with Gasteiger partial charge in [0.05, 0.1) is 5.69 Å². The van der Waals surface area contributed by atoms with Crippen molar-refractivity contribution in [2.75, 3.05) is 0 Å². The van der Waals surface area contributed by atoms with Crippen LogP contribution in [0, 0.1) is 5.82 Å². The summed E-state index contributed by atoms with van der Waals surface area (Å²) in [6.07, 6.45) is 3.56. The highest BCUT2D eigenvalue weighted by Crippen LogP contribution is 2.36. The summed E-state index contributed by atoms with van der Waals surface area (Å²) in [5, 5.41) is 0. The Hall–Kier alpha value is -3.63. The van der Waals surface area contributed by atoms with E-state index in [0.29, 0.717) is 0 Å². The number of halogens is 1. The minimum Gasteiger partial charge on any atom is -0.354 e. The molecule has 31 heavy (non-hydrogen) atoms. The largest absolute Gasteiger partial charge is 0.354 e. The molecule has 0 saturated heterocycles. The lowest BCUT2D eigenvalue weighted by Gasteiger charge is -2.04. The number of benzene rings is 3. The molecule has 2 aromatic heterocycles. The van der Waals surface area contributed by atoms with Gasteiger partial charge >= 0.3 is 0 Å². The van der Waals surface area contributed by atoms with E-state index >= 15 is 0 Å². The summed E-state index contributed by atoms with van der Waals surface area (Å²) in [6, 6.07) is 31.6. The molecule has 0 aliphatic heterocycles. The van der Waals surface area contributed by atoms with Gasteiger partial charge in [0.15, 0.2) is 0 Å². The molecule has 0 unspecified atom stereocenters. The number of nitrogens with one attached hydrogen (secondary N) is 1. The summed E-state index contributed by atoms with van der Waals surface area (Å²) in [6.45, 7) is 0. The molecule has 0 spiro atoms. The molecule has 3 aromatic carbocycles. The molecule has 150 valence electrons. The van der Waals surface area contributed by atoms with Gasteiger partial charge in [-0.2, -0.15) is 0 Å². The van der Waals surface area contributed by atoms with Gasteiger partial charge in [-0.05, 0) is 65.7 Å². The maximum Gasteiger partial charge on any atom is 0.123 e. The molecule has 5 aromatic rings. The fraction of sp³-hybridized carbons (Fsp3) is 0. The summed E-state index contributed by atoms with van der Waals surface area (Å²) in [7, 11) is 0. The number of aromatic nitrogens is 2. The lowest BCUT2D eigenvalue weighted by molar-refractivity contribution is 0.628. The molecule has 0 fully saturated rings. The van der Waals surface area contributed by atoms with Gasteiger partial charge in [-0.3, -0.25) is 4.98 Å². The molecule has 0 bridgehead atoms. The SMILES string of the molecule is Fc1ccc(-c2cc(-c3ccc(Sc4ccccc4)cc3)[nH]c2-c2ccncc2)cc1. The predicted octanol–water partition coefficient (Wildman–Crippen LogP) is 7.70. The molecule has 2 heterocycles. The smallest absolute Gasteiger partial charge is 0.123 e. The van der Waals surface area contributed by atoms with Crippen molar-refractivity contribution in [3.8, 4) is 33.6 Å². The van der Waals surface area contributed by atoms with Crippen LogP contribution in [0.15, 0.2) is 119 Å². The Morgan fingerprint density at radius 1 is 0.645 bits per heavy atom. The lowest BCUT2D eigenvalue weighted by Crippen LogP contribution is -1.84. The zero-order valence-corrected chi connectivity index (χ0v) is 17.4. The van der Waals surface area contributed by atoms with Crippen LogP contribution >= 0.6 is 11.8 Å². The van der Waals surface area contributed by atoms with E-state index in [4.69, 9.17) is 0 Å². The zero-order valence-electron chi connectivity index (χ0n) is 16.6. The van der Waals surface area contributed by atoms with Gasteiger partial charge in [0.25, 0.3) is 0 Å². The van der Waals surface area contributed by atoms with Gasteiger partial charge in [-0.1, -0.05) is 54.2 Å². The Labute approximate surface area is 184 Å². The Morgan fingerprint density at radius 2 is 1.29 bits per heavy atom. The molecule has 2 nitrogen and oxygen atoms in total. The summed E-state index contributed by atoms with van der Waals surface area (Å²) < 4.78 is 13.5. The van der Waals surface area contributed by atoms with Crippen LogP contribution in [0.5, 0.6) is 0 Å². The molecule has 0 radical (unpaired) electrons. The summed E-state index contributed by atoms with van der Waals surface area (Å²) in [5.74, 6) is -0.239. The van der Waals surface area contributed by atoms with Crippen LogP contribution < -0.4 is 0 Å². The van der Waals surface area contributed by atoms with Crippen molar-refractivity contribution in [1.29, 1.82) is 0 Å². The third-order valence-electron chi connectivity index (χ3n) is 5.09. The van der Waals surface area contributed by atoms with E-state index in [1.54, 1.807) is 24.2 Å². The molecule has 0 saturated carbocycles. The number of nitrogens with zero attached hydrogens (tertiary/aromatic N) is 1. The Bertz CT molecular complexity index is 1280. The van der Waals surface area contributed by atoms with E-state index in [1.807, 2.05) is 42.5 Å². The Balaban J connectivity index is 1.51. The monoisotopic (exact) mass is 422 g/mol. The van der Waals surface area contributed by atoms with Crippen molar-refractivity contribution in [3.63, 3.8) is 0 Å². The van der Waals surface area contributed by atoms with Crippen LogP contribution in [-0.2, 0) is 0 Å². The van der Waals surface area contributed by atoms with E-state index in [2.05, 4.69) is 52.4 Å². The standard InChI is InChI=1S/C27H19FN2S/c28-22-10-6-19(7-11-22)25-18-26(30-27(25)21-14-16-29-17-15-21)20-8-12-24(13-9-20)31-23-4-2-1-3-5-23/h1-18,30H. The summed E-state index contributed by atoms with van der Waals surface area (Å²) >= 11 is 1.74. The van der Waals surface area contributed by atoms with Crippen molar-refractivity contribution in [3.05, 3.63) is 115 Å². The van der Waals surface area contributed by atoms with Crippen molar-refractivity contribution >= 4 is 11.8 Å². The average Bonchev–Trinajstić information content (AvgIpc) is 3.27. The van der Waals surface area contributed by atoms with E-state index < -0.39 is 0 Å². The van der Waals surface area contributed by atoms with Gasteiger partial charge in [0, 0.05) is 39.0 Å². The molecule has 5 rings (SSSR count). The van der Waals surface area contributed by atoms with Crippen LogP contribution in [0.1, 0.15) is 0 Å². The van der Waals surface area contributed by atoms with Crippen LogP contribution in [0.3, 0.4) is 0 Å². The highest BCUT2D eigenvalue weighted by molar-refractivity contribution is 7.99. The predicted molar refractivity (Wildman–Crippen MR) is 125 cm³/mol. The highest BCUT2D eigenvalue weighted by Gasteiger charge is 2.13. The molecule has 0 aliphatic carbocycles. The maximum atomic E-state index is 13.5. The van der Waals surface area contributed by atoms with E-state index in [0.717, 1.165) is 33.6 Å². The third-order valence-corrected chi connectivity index (χ3v) is 6.10. The first kappa shape index (κ1) is 19.3. The van der Waals surface area contributed by atoms with Crippen LogP contribution in [0.2, 0.25) is 0 Å². The number of rotatable bonds is 5. The Morgan fingerprint density at radius 3 is 2.00 bits per heavy atom. The number of hydrogen-bond acceptors (Lipinski definition) is 2. The van der Waals surface area contributed by atoms with E-state index in [1.165, 1.54) is 21.9 Å². The first-order valence-electron chi connectivity index (χ1n) is 9.99. The normalized spacial score (nSPS) is 10.9. The first-order chi connectivity index (χ1) is 15.3. The van der Waals surface area contributed by atoms with Crippen molar-refractivity contribution in [2.24, 2.45) is 0 Å². The van der Waals surface area contributed by atoms with Crippen molar-refractivity contribution < 1.29 is 4.39 Å². The van der Waals surface area contributed by atoms with Crippen LogP contribution in [-0.4, -0.2) is 9.97 Å². The number of aromatic amines is 1. The van der Waals surface area contributed by atoms with E-state index in [9.17, 15) is 4.39 Å². The van der Waals surface area contributed by atoms with Gasteiger partial charge in [-0.15, -0.1) is 0 Å². The second-order valence-corrected chi connectivity index (χ2v) is 8.30.